The predicted molar refractivity (Wildman–Crippen MR) is 92.6 cm³/mol. The third kappa shape index (κ3) is 4.08. The van der Waals surface area contributed by atoms with Gasteiger partial charge in [-0.05, 0) is 49.9 Å². The van der Waals surface area contributed by atoms with Gasteiger partial charge in [-0.2, -0.15) is 0 Å². The number of aliphatic hydroxyl groups excluding tert-OH is 1. The van der Waals surface area contributed by atoms with Crippen LogP contribution in [0.5, 0.6) is 5.75 Å². The molecule has 5 nitrogen and oxygen atoms in total. The van der Waals surface area contributed by atoms with E-state index in [9.17, 15) is 9.90 Å². The molecule has 132 valence electrons. The Morgan fingerprint density at radius 2 is 2.08 bits per heavy atom. The minimum absolute atomic E-state index is 0.139. The number of nitrogens with zero attached hydrogens (tertiary/aromatic N) is 2. The minimum Gasteiger partial charge on any atom is -0.508 e. The maximum Gasteiger partial charge on any atom is 0.222 e. The zero-order valence-corrected chi connectivity index (χ0v) is 14.3. The van der Waals surface area contributed by atoms with Crippen LogP contribution in [0, 0.1) is 5.41 Å². The quantitative estimate of drug-likeness (QED) is 0.865. The number of hydrogen-bond acceptors (Lipinski definition) is 4. The Morgan fingerprint density at radius 1 is 1.21 bits per heavy atom. The molecule has 0 saturated carbocycles. The Morgan fingerprint density at radius 3 is 2.88 bits per heavy atom. The van der Waals surface area contributed by atoms with E-state index in [4.69, 9.17) is 5.11 Å². The zero-order valence-electron chi connectivity index (χ0n) is 14.3. The second-order valence-corrected chi connectivity index (χ2v) is 7.38. The van der Waals surface area contributed by atoms with Crippen LogP contribution in [-0.4, -0.2) is 58.7 Å². The molecule has 1 amide bonds. The maximum atomic E-state index is 12.1. The number of aliphatic hydroxyl groups is 1. The average Bonchev–Trinajstić information content (AvgIpc) is 2.56. The van der Waals surface area contributed by atoms with Crippen molar-refractivity contribution in [3.63, 3.8) is 0 Å². The summed E-state index contributed by atoms with van der Waals surface area (Å²) in [4.78, 5) is 16.6. The van der Waals surface area contributed by atoms with Crippen molar-refractivity contribution in [2.75, 3.05) is 32.8 Å². The molecule has 0 aliphatic carbocycles. The van der Waals surface area contributed by atoms with Gasteiger partial charge in [0.2, 0.25) is 5.91 Å². The summed E-state index contributed by atoms with van der Waals surface area (Å²) in [6.07, 6.45) is 4.59. The molecule has 2 aliphatic heterocycles. The van der Waals surface area contributed by atoms with Crippen LogP contribution in [0.2, 0.25) is 0 Å². The van der Waals surface area contributed by atoms with Crippen molar-refractivity contribution >= 4 is 5.91 Å². The number of carbonyl (C=O) groups is 1. The van der Waals surface area contributed by atoms with Crippen LogP contribution in [-0.2, 0) is 11.3 Å². The van der Waals surface area contributed by atoms with Gasteiger partial charge in [0.1, 0.15) is 5.75 Å². The summed E-state index contributed by atoms with van der Waals surface area (Å²) in [5, 5.41) is 18.7. The van der Waals surface area contributed by atoms with Crippen LogP contribution < -0.4 is 0 Å². The minimum atomic E-state index is 0.139. The van der Waals surface area contributed by atoms with Crippen molar-refractivity contribution in [3.8, 4) is 5.75 Å². The molecule has 24 heavy (non-hydrogen) atoms. The lowest BCUT2D eigenvalue weighted by atomic mass is 9.73. The molecule has 0 radical (unpaired) electrons. The van der Waals surface area contributed by atoms with Crippen molar-refractivity contribution in [2.45, 2.75) is 38.6 Å². The number of hydrogen-bond donors (Lipinski definition) is 2. The van der Waals surface area contributed by atoms with Gasteiger partial charge in [-0.3, -0.25) is 9.69 Å². The Hall–Kier alpha value is -1.59. The first-order chi connectivity index (χ1) is 11.6. The van der Waals surface area contributed by atoms with E-state index in [0.717, 1.165) is 44.6 Å². The fourth-order valence-electron chi connectivity index (χ4n) is 4.26. The van der Waals surface area contributed by atoms with Crippen molar-refractivity contribution in [1.29, 1.82) is 0 Å². The molecule has 1 aromatic carbocycles. The van der Waals surface area contributed by atoms with Crippen LogP contribution in [0.1, 0.15) is 37.7 Å². The van der Waals surface area contributed by atoms with Crippen LogP contribution in [0.4, 0.5) is 0 Å². The van der Waals surface area contributed by atoms with Gasteiger partial charge in [0.25, 0.3) is 0 Å². The van der Waals surface area contributed by atoms with Gasteiger partial charge in [-0.15, -0.1) is 0 Å². The van der Waals surface area contributed by atoms with Crippen LogP contribution in [0.15, 0.2) is 24.3 Å². The van der Waals surface area contributed by atoms with E-state index in [1.54, 1.807) is 6.07 Å². The fraction of sp³-hybridized carbons (Fsp3) is 0.632. The van der Waals surface area contributed by atoms with Crippen LogP contribution >= 0.6 is 0 Å². The van der Waals surface area contributed by atoms with Gasteiger partial charge >= 0.3 is 0 Å². The smallest absolute Gasteiger partial charge is 0.222 e. The SMILES string of the molecule is O=C1CCC2(CCCN(Cc3cccc(O)c3)C2)CN1CCCO. The number of piperidine rings is 2. The highest BCUT2D eigenvalue weighted by Crippen LogP contribution is 2.39. The van der Waals surface area contributed by atoms with Crippen LogP contribution in [0.3, 0.4) is 0 Å². The summed E-state index contributed by atoms with van der Waals surface area (Å²) in [5.74, 6) is 0.553. The number of carbonyl (C=O) groups excluding carboxylic acids is 1. The number of likely N-dealkylation sites (tertiary alicyclic amines) is 2. The van der Waals surface area contributed by atoms with Crippen molar-refractivity contribution in [2.24, 2.45) is 5.41 Å². The molecule has 2 aliphatic rings. The predicted octanol–water partition coefficient (Wildman–Crippen LogP) is 1.98. The highest BCUT2D eigenvalue weighted by atomic mass is 16.3. The second-order valence-electron chi connectivity index (χ2n) is 7.38. The topological polar surface area (TPSA) is 64.0 Å². The molecule has 3 rings (SSSR count). The lowest BCUT2D eigenvalue weighted by Gasteiger charge is -2.48. The molecule has 2 saturated heterocycles. The van der Waals surface area contributed by atoms with Gasteiger partial charge in [-0.1, -0.05) is 12.1 Å². The van der Waals surface area contributed by atoms with Gasteiger partial charge in [0.15, 0.2) is 0 Å². The first-order valence-corrected chi connectivity index (χ1v) is 8.99. The Balaban J connectivity index is 1.64. The molecule has 1 aromatic rings. The molecular weight excluding hydrogens is 304 g/mol. The summed E-state index contributed by atoms with van der Waals surface area (Å²) >= 11 is 0. The summed E-state index contributed by atoms with van der Waals surface area (Å²) < 4.78 is 0. The van der Waals surface area contributed by atoms with Crippen LogP contribution in [0.25, 0.3) is 0 Å². The Kier molecular flexibility index (Phi) is 5.41. The Bertz CT molecular complexity index is 577. The molecule has 2 heterocycles. The summed E-state index contributed by atoms with van der Waals surface area (Å²) in [5.41, 5.74) is 1.33. The normalized spacial score (nSPS) is 25.4. The van der Waals surface area contributed by atoms with E-state index in [1.165, 1.54) is 6.42 Å². The maximum absolute atomic E-state index is 12.1. The fourth-order valence-corrected chi connectivity index (χ4v) is 4.26. The van der Waals surface area contributed by atoms with Gasteiger partial charge in [-0.25, -0.2) is 0 Å². The number of phenols is 1. The number of amides is 1. The largest absolute Gasteiger partial charge is 0.508 e. The molecule has 1 atom stereocenters. The lowest BCUT2D eigenvalue weighted by molar-refractivity contribution is -0.139. The molecule has 0 bridgehead atoms. The zero-order chi connectivity index (χ0) is 17.0. The van der Waals surface area contributed by atoms with E-state index in [2.05, 4.69) is 11.0 Å². The molecule has 2 fully saturated rings. The third-order valence-corrected chi connectivity index (χ3v) is 5.39. The molecule has 1 unspecified atom stereocenters. The van der Waals surface area contributed by atoms with E-state index in [0.29, 0.717) is 25.1 Å². The van der Waals surface area contributed by atoms with Gasteiger partial charge in [0.05, 0.1) is 0 Å². The highest BCUT2D eigenvalue weighted by molar-refractivity contribution is 5.77. The van der Waals surface area contributed by atoms with E-state index in [1.807, 2.05) is 17.0 Å². The van der Waals surface area contributed by atoms with E-state index >= 15 is 0 Å². The van der Waals surface area contributed by atoms with Gasteiger partial charge in [0, 0.05) is 44.6 Å². The molecule has 5 heteroatoms. The number of aromatic hydroxyl groups is 1. The van der Waals surface area contributed by atoms with Crippen molar-refractivity contribution in [3.05, 3.63) is 29.8 Å². The number of phenolic OH excluding ortho intramolecular Hbond substituents is 1. The van der Waals surface area contributed by atoms with Gasteiger partial charge < -0.3 is 15.1 Å². The Labute approximate surface area is 143 Å². The highest BCUT2D eigenvalue weighted by Gasteiger charge is 2.41. The number of rotatable bonds is 5. The van der Waals surface area contributed by atoms with E-state index < -0.39 is 0 Å². The molecular formula is C19H28N2O3. The number of benzene rings is 1. The first-order valence-electron chi connectivity index (χ1n) is 8.99. The van der Waals surface area contributed by atoms with E-state index in [-0.39, 0.29) is 17.9 Å². The second kappa shape index (κ2) is 7.53. The molecule has 1 spiro atoms. The van der Waals surface area contributed by atoms with Crippen molar-refractivity contribution < 1.29 is 15.0 Å². The van der Waals surface area contributed by atoms with Crippen molar-refractivity contribution in [1.82, 2.24) is 9.80 Å². The molecule has 0 aromatic heterocycles. The summed E-state index contributed by atoms with van der Waals surface area (Å²) in [6, 6.07) is 7.48. The average molecular weight is 332 g/mol. The summed E-state index contributed by atoms with van der Waals surface area (Å²) in [7, 11) is 0. The molecule has 2 N–H and O–H groups in total. The first kappa shape index (κ1) is 17.2. The summed E-state index contributed by atoms with van der Waals surface area (Å²) in [6.45, 7) is 4.56. The standard InChI is InChI=1S/C19H28N2O3/c22-11-3-10-21-15-19(8-6-18(21)24)7-2-9-20(14-19)13-16-4-1-5-17(23)12-16/h1,4-5,12,22-23H,2-3,6-11,13-15H2. The lowest BCUT2D eigenvalue weighted by Crippen LogP contribution is -2.54. The monoisotopic (exact) mass is 332 g/mol. The third-order valence-electron chi connectivity index (χ3n) is 5.39.